The molecule has 33 heavy (non-hydrogen) atoms. The third kappa shape index (κ3) is 3.74. The summed E-state index contributed by atoms with van der Waals surface area (Å²) in [6.45, 7) is 5.90. The van der Waals surface area contributed by atoms with Crippen LogP contribution < -0.4 is 5.32 Å². The smallest absolute Gasteiger partial charge is 0.252 e. The van der Waals surface area contributed by atoms with Gasteiger partial charge in [0, 0.05) is 17.5 Å². The molecule has 168 valence electrons. The molecule has 2 bridgehead atoms. The normalized spacial score (nSPS) is 24.3. The number of benzene rings is 2. The summed E-state index contributed by atoms with van der Waals surface area (Å²) in [6, 6.07) is 19.0. The highest BCUT2D eigenvalue weighted by molar-refractivity contribution is 6.03. The lowest BCUT2D eigenvalue weighted by molar-refractivity contribution is -0.140. The Balaban J connectivity index is 1.63. The van der Waals surface area contributed by atoms with E-state index in [-0.39, 0.29) is 11.8 Å². The van der Waals surface area contributed by atoms with Gasteiger partial charge in [0.1, 0.15) is 11.6 Å². The Morgan fingerprint density at radius 2 is 1.64 bits per heavy atom. The first-order valence-corrected chi connectivity index (χ1v) is 11.6. The highest BCUT2D eigenvalue weighted by atomic mass is 16.2. The third-order valence-electron chi connectivity index (χ3n) is 6.70. The van der Waals surface area contributed by atoms with Crippen molar-refractivity contribution in [3.8, 4) is 0 Å². The topological polar surface area (TPSA) is 49.4 Å². The van der Waals surface area contributed by atoms with Crippen molar-refractivity contribution < 1.29 is 9.59 Å². The van der Waals surface area contributed by atoms with Crippen LogP contribution in [0.2, 0.25) is 0 Å². The van der Waals surface area contributed by atoms with E-state index in [0.717, 1.165) is 28.7 Å². The van der Waals surface area contributed by atoms with Crippen LogP contribution >= 0.6 is 0 Å². The van der Waals surface area contributed by atoms with Crippen LogP contribution in [0.15, 0.2) is 96.1 Å². The Morgan fingerprint density at radius 3 is 2.24 bits per heavy atom. The molecule has 2 aromatic carbocycles. The van der Waals surface area contributed by atoms with E-state index in [0.29, 0.717) is 12.3 Å². The average Bonchev–Trinajstić information content (AvgIpc) is 3.03. The van der Waals surface area contributed by atoms with E-state index in [1.54, 1.807) is 0 Å². The van der Waals surface area contributed by atoms with Crippen LogP contribution in [0.5, 0.6) is 0 Å². The second-order valence-corrected chi connectivity index (χ2v) is 10.3. The van der Waals surface area contributed by atoms with Crippen LogP contribution in [0.4, 0.5) is 0 Å². The molecule has 0 saturated heterocycles. The van der Waals surface area contributed by atoms with Gasteiger partial charge >= 0.3 is 0 Å². The van der Waals surface area contributed by atoms with Crippen LogP contribution in [0, 0.1) is 5.92 Å². The maximum atomic E-state index is 14.2. The number of amides is 2. The van der Waals surface area contributed by atoms with Crippen molar-refractivity contribution in [2.45, 2.75) is 50.7 Å². The lowest BCUT2D eigenvalue weighted by atomic mass is 9.71. The zero-order chi connectivity index (χ0) is 23.2. The molecule has 2 aromatic rings. The molecular formula is C29H30N2O2. The largest absolute Gasteiger partial charge is 0.349 e. The summed E-state index contributed by atoms with van der Waals surface area (Å²) in [5.41, 5.74) is 2.78. The number of hydrogen-bond donors (Lipinski definition) is 1. The molecule has 4 heteroatoms. The summed E-state index contributed by atoms with van der Waals surface area (Å²) in [5, 5.41) is 3.13. The van der Waals surface area contributed by atoms with Gasteiger partial charge in [0.25, 0.3) is 5.91 Å². The van der Waals surface area contributed by atoms with Gasteiger partial charge in [0.05, 0.1) is 0 Å². The summed E-state index contributed by atoms with van der Waals surface area (Å²) >= 11 is 0. The summed E-state index contributed by atoms with van der Waals surface area (Å²) in [7, 11) is 0. The van der Waals surface area contributed by atoms with Crippen LogP contribution in [-0.2, 0) is 16.0 Å². The van der Waals surface area contributed by atoms with Gasteiger partial charge in [0.15, 0.2) is 0 Å². The van der Waals surface area contributed by atoms with E-state index < -0.39 is 17.1 Å². The van der Waals surface area contributed by atoms with Crippen LogP contribution in [-0.4, -0.2) is 27.8 Å². The monoisotopic (exact) mass is 438 g/mol. The molecule has 4 nitrogen and oxygen atoms in total. The van der Waals surface area contributed by atoms with E-state index in [2.05, 4.69) is 41.8 Å². The highest BCUT2D eigenvalue weighted by Crippen LogP contribution is 2.52. The Hall–Kier alpha value is -3.40. The fraction of sp³-hybridized carbons (Fsp3) is 0.310. The molecule has 1 N–H and O–H groups in total. The van der Waals surface area contributed by atoms with Gasteiger partial charge in [-0.1, -0.05) is 85.0 Å². The number of allylic oxidation sites excluding steroid dienone is 2. The Bertz CT molecular complexity index is 1160. The first-order valence-electron chi connectivity index (χ1n) is 11.6. The number of carbonyl (C=O) groups excluding carboxylic acids is 2. The van der Waals surface area contributed by atoms with E-state index in [1.165, 1.54) is 0 Å². The van der Waals surface area contributed by atoms with Crippen LogP contribution in [0.1, 0.15) is 44.4 Å². The number of hydrogen-bond acceptors (Lipinski definition) is 2. The average molecular weight is 439 g/mol. The summed E-state index contributed by atoms with van der Waals surface area (Å²) < 4.78 is 0. The molecule has 4 aliphatic rings. The molecule has 3 aliphatic carbocycles. The van der Waals surface area contributed by atoms with Gasteiger partial charge < -0.3 is 10.2 Å². The first kappa shape index (κ1) is 21.4. The lowest BCUT2D eigenvalue weighted by Crippen LogP contribution is -2.55. The molecule has 2 amide bonds. The Morgan fingerprint density at radius 1 is 1.03 bits per heavy atom. The summed E-state index contributed by atoms with van der Waals surface area (Å²) in [4.78, 5) is 29.7. The molecule has 0 aromatic heterocycles. The fourth-order valence-electron chi connectivity index (χ4n) is 5.31. The molecule has 0 radical (unpaired) electrons. The fourth-order valence-corrected chi connectivity index (χ4v) is 5.31. The molecule has 0 unspecified atom stereocenters. The number of rotatable bonds is 5. The minimum atomic E-state index is -0.731. The lowest BCUT2D eigenvalue weighted by Gasteiger charge is -2.46. The van der Waals surface area contributed by atoms with Gasteiger partial charge in [-0.2, -0.15) is 0 Å². The molecule has 0 fully saturated rings. The van der Waals surface area contributed by atoms with E-state index in [4.69, 9.17) is 0 Å². The molecule has 1 heterocycles. The predicted octanol–water partition coefficient (Wildman–Crippen LogP) is 4.91. The minimum Gasteiger partial charge on any atom is -0.349 e. The van der Waals surface area contributed by atoms with Crippen molar-refractivity contribution in [1.82, 2.24) is 10.2 Å². The number of carbonyl (C=O) groups is 2. The quantitative estimate of drug-likeness (QED) is 0.675. The van der Waals surface area contributed by atoms with Crippen molar-refractivity contribution in [3.05, 3.63) is 107 Å². The van der Waals surface area contributed by atoms with Crippen molar-refractivity contribution >= 4 is 11.8 Å². The van der Waals surface area contributed by atoms with Crippen molar-refractivity contribution in [2.24, 2.45) is 5.92 Å². The van der Waals surface area contributed by atoms with Crippen LogP contribution in [0.25, 0.3) is 0 Å². The van der Waals surface area contributed by atoms with Crippen molar-refractivity contribution in [3.63, 3.8) is 0 Å². The maximum absolute atomic E-state index is 14.2. The molecule has 1 spiro atoms. The molecule has 1 atom stereocenters. The predicted molar refractivity (Wildman–Crippen MR) is 130 cm³/mol. The van der Waals surface area contributed by atoms with Crippen molar-refractivity contribution in [1.29, 1.82) is 0 Å². The maximum Gasteiger partial charge on any atom is 0.252 e. The third-order valence-corrected chi connectivity index (χ3v) is 6.70. The van der Waals surface area contributed by atoms with Gasteiger partial charge in [-0.25, -0.2) is 0 Å². The standard InChI is InChI=1S/C29H30N2O2/c1-28(2,3)30-26(32)25(22-12-8-5-9-13-22)31-27(33)23(18-20-10-6-4-7-11-20)24-19-21-14-16-29(24,31)17-15-21/h4-17,21,25H,18-19H2,1-3H3,(H,30,32)/t21?,25-,29?/m1/s1. The van der Waals surface area contributed by atoms with Crippen LogP contribution in [0.3, 0.4) is 0 Å². The molecular weight excluding hydrogens is 408 g/mol. The number of nitrogens with one attached hydrogen (secondary N) is 1. The minimum absolute atomic E-state index is 0.0522. The molecule has 0 saturated carbocycles. The number of nitrogens with zero attached hydrogens (tertiary/aromatic N) is 1. The zero-order valence-electron chi connectivity index (χ0n) is 19.4. The molecule has 6 rings (SSSR count). The van der Waals surface area contributed by atoms with E-state index >= 15 is 0 Å². The van der Waals surface area contributed by atoms with E-state index in [9.17, 15) is 9.59 Å². The van der Waals surface area contributed by atoms with Gasteiger partial charge in [-0.05, 0) is 49.8 Å². The van der Waals surface area contributed by atoms with E-state index in [1.807, 2.05) is 74.2 Å². The van der Waals surface area contributed by atoms with Crippen molar-refractivity contribution in [2.75, 3.05) is 0 Å². The Labute approximate surface area is 195 Å². The summed E-state index contributed by atoms with van der Waals surface area (Å²) in [6.07, 6.45) is 10.0. The van der Waals surface area contributed by atoms with Gasteiger partial charge in [-0.15, -0.1) is 0 Å². The first-order chi connectivity index (χ1) is 15.8. The second-order valence-electron chi connectivity index (χ2n) is 10.3. The van der Waals surface area contributed by atoms with Gasteiger partial charge in [-0.3, -0.25) is 9.59 Å². The highest BCUT2D eigenvalue weighted by Gasteiger charge is 2.55. The SMILES string of the molecule is CC(C)(C)NC(=O)[C@@H](c1ccccc1)N1C(=O)C(Cc2ccccc2)=C2CC3C=CC21C=C3. The Kier molecular flexibility index (Phi) is 5.12. The molecule has 1 aliphatic heterocycles. The summed E-state index contributed by atoms with van der Waals surface area (Å²) in [5.74, 6) is 0.0915. The zero-order valence-corrected chi connectivity index (χ0v) is 19.4. The second kappa shape index (κ2) is 7.87. The van der Waals surface area contributed by atoms with Gasteiger partial charge in [0.2, 0.25) is 5.91 Å².